The smallest absolute Gasteiger partial charge is 0.255 e. The van der Waals surface area contributed by atoms with Gasteiger partial charge in [-0.1, -0.05) is 17.7 Å². The number of H-pyrrole nitrogens is 1. The highest BCUT2D eigenvalue weighted by Crippen LogP contribution is 2.21. The summed E-state index contributed by atoms with van der Waals surface area (Å²) < 4.78 is 12.9. The highest BCUT2D eigenvalue weighted by atomic mass is 35.5. The Morgan fingerprint density at radius 1 is 1.19 bits per heavy atom. The van der Waals surface area contributed by atoms with Gasteiger partial charge in [0.2, 0.25) is 5.95 Å². The molecule has 0 radical (unpaired) electrons. The quantitative estimate of drug-likeness (QED) is 0.719. The van der Waals surface area contributed by atoms with Crippen LogP contribution in [0.3, 0.4) is 0 Å². The average molecular weight is 371 g/mol. The van der Waals surface area contributed by atoms with Crippen LogP contribution in [0.5, 0.6) is 0 Å². The number of pyridine rings is 1. The average Bonchev–Trinajstić information content (AvgIpc) is 2.64. The van der Waals surface area contributed by atoms with Gasteiger partial charge in [-0.2, -0.15) is 4.39 Å². The van der Waals surface area contributed by atoms with E-state index in [1.165, 1.54) is 12.3 Å². The molecule has 3 heterocycles. The van der Waals surface area contributed by atoms with E-state index in [9.17, 15) is 9.18 Å². The van der Waals surface area contributed by atoms with Crippen LogP contribution >= 0.6 is 11.6 Å². The van der Waals surface area contributed by atoms with Crippen molar-refractivity contribution in [1.82, 2.24) is 19.9 Å². The first-order valence-electron chi connectivity index (χ1n) is 8.29. The van der Waals surface area contributed by atoms with Crippen LogP contribution in [-0.2, 0) is 19.5 Å². The third kappa shape index (κ3) is 3.52. The molecule has 4 rings (SSSR count). The van der Waals surface area contributed by atoms with E-state index in [1.54, 1.807) is 18.2 Å². The number of aromatic nitrogens is 3. The van der Waals surface area contributed by atoms with Crippen molar-refractivity contribution in [3.8, 4) is 11.4 Å². The summed E-state index contributed by atoms with van der Waals surface area (Å²) in [4.78, 5) is 25.9. The standard InChI is InChI=1S/C19H16ClFN4O/c20-14-4-2-13(3-5-14)18-23-16-7-8-25(11-15(16)19(26)24-18)10-12-1-6-17(21)22-9-12/h1-6,9H,7-8,10-11H2,(H,23,24,26). The molecule has 0 saturated heterocycles. The van der Waals surface area contributed by atoms with Crippen molar-refractivity contribution in [3.05, 3.63) is 80.7 Å². The lowest BCUT2D eigenvalue weighted by Gasteiger charge is -2.27. The number of nitrogens with one attached hydrogen (secondary N) is 1. The number of halogens is 2. The summed E-state index contributed by atoms with van der Waals surface area (Å²) >= 11 is 5.91. The van der Waals surface area contributed by atoms with Crippen molar-refractivity contribution in [2.45, 2.75) is 19.5 Å². The van der Waals surface area contributed by atoms with Gasteiger partial charge < -0.3 is 4.98 Å². The number of hydrogen-bond acceptors (Lipinski definition) is 4. The van der Waals surface area contributed by atoms with Crippen LogP contribution in [0.15, 0.2) is 47.4 Å². The number of nitrogens with zero attached hydrogens (tertiary/aromatic N) is 3. The lowest BCUT2D eigenvalue weighted by molar-refractivity contribution is 0.241. The van der Waals surface area contributed by atoms with E-state index < -0.39 is 5.95 Å². The third-order valence-corrected chi connectivity index (χ3v) is 4.71. The Hall–Kier alpha value is -2.57. The molecule has 1 aliphatic heterocycles. The molecule has 3 aromatic rings. The Labute approximate surface area is 154 Å². The summed E-state index contributed by atoms with van der Waals surface area (Å²) in [5.74, 6) is 0.0646. The molecule has 0 atom stereocenters. The molecule has 0 amide bonds. The molecule has 1 N–H and O–H groups in total. The van der Waals surface area contributed by atoms with Crippen LogP contribution < -0.4 is 5.56 Å². The SMILES string of the molecule is O=c1[nH]c(-c2ccc(Cl)cc2)nc2c1CN(Cc1ccc(F)nc1)CC2. The molecule has 0 aliphatic carbocycles. The normalized spacial score (nSPS) is 14.2. The second-order valence-corrected chi connectivity index (χ2v) is 6.73. The van der Waals surface area contributed by atoms with Gasteiger partial charge in [0, 0.05) is 42.8 Å². The van der Waals surface area contributed by atoms with Gasteiger partial charge in [0.15, 0.2) is 0 Å². The van der Waals surface area contributed by atoms with Crippen LogP contribution in [0, 0.1) is 5.95 Å². The van der Waals surface area contributed by atoms with E-state index >= 15 is 0 Å². The predicted molar refractivity (Wildman–Crippen MR) is 97.3 cm³/mol. The van der Waals surface area contributed by atoms with Gasteiger partial charge in [-0.25, -0.2) is 9.97 Å². The molecule has 26 heavy (non-hydrogen) atoms. The van der Waals surface area contributed by atoms with Crippen LogP contribution in [0.1, 0.15) is 16.8 Å². The Morgan fingerprint density at radius 3 is 2.73 bits per heavy atom. The van der Waals surface area contributed by atoms with Crippen molar-refractivity contribution < 1.29 is 4.39 Å². The Kier molecular flexibility index (Phi) is 4.53. The van der Waals surface area contributed by atoms with E-state index in [0.717, 1.165) is 23.4 Å². The fourth-order valence-electron chi connectivity index (χ4n) is 3.12. The highest BCUT2D eigenvalue weighted by molar-refractivity contribution is 6.30. The summed E-state index contributed by atoms with van der Waals surface area (Å²) in [6.07, 6.45) is 2.21. The van der Waals surface area contributed by atoms with E-state index in [0.29, 0.717) is 35.9 Å². The molecule has 1 aliphatic rings. The molecule has 1 aromatic carbocycles. The van der Waals surface area contributed by atoms with Gasteiger partial charge in [0.25, 0.3) is 5.56 Å². The number of aromatic amines is 1. The maximum Gasteiger partial charge on any atom is 0.255 e. The van der Waals surface area contributed by atoms with Crippen molar-refractivity contribution in [2.75, 3.05) is 6.54 Å². The Morgan fingerprint density at radius 2 is 2.00 bits per heavy atom. The van der Waals surface area contributed by atoms with E-state index in [2.05, 4.69) is 19.9 Å². The van der Waals surface area contributed by atoms with Crippen molar-refractivity contribution in [2.24, 2.45) is 0 Å². The number of hydrogen-bond donors (Lipinski definition) is 1. The summed E-state index contributed by atoms with van der Waals surface area (Å²) in [7, 11) is 0. The maximum absolute atomic E-state index is 12.9. The molecule has 132 valence electrons. The molecule has 0 fully saturated rings. The zero-order valence-corrected chi connectivity index (χ0v) is 14.6. The first kappa shape index (κ1) is 16.9. The molecular formula is C19H16ClFN4O. The monoisotopic (exact) mass is 370 g/mol. The van der Waals surface area contributed by atoms with Gasteiger partial charge in [0.1, 0.15) is 5.82 Å². The molecule has 0 unspecified atom stereocenters. The fourth-order valence-corrected chi connectivity index (χ4v) is 3.24. The first-order chi connectivity index (χ1) is 12.6. The third-order valence-electron chi connectivity index (χ3n) is 4.46. The van der Waals surface area contributed by atoms with Gasteiger partial charge in [0.05, 0.1) is 11.3 Å². The summed E-state index contributed by atoms with van der Waals surface area (Å²) in [6, 6.07) is 10.3. The Bertz CT molecular complexity index is 986. The molecule has 0 saturated carbocycles. The van der Waals surface area contributed by atoms with Gasteiger partial charge in [-0.3, -0.25) is 9.69 Å². The second kappa shape index (κ2) is 6.97. The van der Waals surface area contributed by atoms with Crippen molar-refractivity contribution in [3.63, 3.8) is 0 Å². The lowest BCUT2D eigenvalue weighted by Crippen LogP contribution is -2.35. The van der Waals surface area contributed by atoms with E-state index in [4.69, 9.17) is 11.6 Å². The fraction of sp³-hybridized carbons (Fsp3) is 0.211. The molecule has 0 spiro atoms. The van der Waals surface area contributed by atoms with Crippen LogP contribution in [0.4, 0.5) is 4.39 Å². The summed E-state index contributed by atoms with van der Waals surface area (Å²) in [6.45, 7) is 1.90. The Balaban J connectivity index is 1.57. The molecule has 0 bridgehead atoms. The lowest BCUT2D eigenvalue weighted by atomic mass is 10.1. The van der Waals surface area contributed by atoms with Gasteiger partial charge in [-0.15, -0.1) is 0 Å². The first-order valence-corrected chi connectivity index (χ1v) is 8.67. The summed E-state index contributed by atoms with van der Waals surface area (Å²) in [5.41, 5.74) is 3.13. The number of fused-ring (bicyclic) bond motifs is 1. The summed E-state index contributed by atoms with van der Waals surface area (Å²) in [5, 5.41) is 0.639. The highest BCUT2D eigenvalue weighted by Gasteiger charge is 2.21. The van der Waals surface area contributed by atoms with E-state index in [1.807, 2.05) is 12.1 Å². The second-order valence-electron chi connectivity index (χ2n) is 6.30. The van der Waals surface area contributed by atoms with Gasteiger partial charge >= 0.3 is 0 Å². The van der Waals surface area contributed by atoms with Crippen LogP contribution in [0.25, 0.3) is 11.4 Å². The van der Waals surface area contributed by atoms with Gasteiger partial charge in [-0.05, 0) is 35.9 Å². The largest absolute Gasteiger partial charge is 0.306 e. The predicted octanol–water partition coefficient (Wildman–Crippen LogP) is 3.18. The zero-order chi connectivity index (χ0) is 18.1. The van der Waals surface area contributed by atoms with E-state index in [-0.39, 0.29) is 5.56 Å². The molecule has 7 heteroatoms. The minimum absolute atomic E-state index is 0.123. The topological polar surface area (TPSA) is 61.9 Å². The molecule has 5 nitrogen and oxygen atoms in total. The van der Waals surface area contributed by atoms with Crippen LogP contribution in [0.2, 0.25) is 5.02 Å². The molecular weight excluding hydrogens is 355 g/mol. The van der Waals surface area contributed by atoms with Crippen molar-refractivity contribution in [1.29, 1.82) is 0 Å². The molecule has 2 aromatic heterocycles. The minimum atomic E-state index is -0.492. The number of rotatable bonds is 3. The zero-order valence-electron chi connectivity index (χ0n) is 13.9. The number of benzene rings is 1. The maximum atomic E-state index is 12.9. The minimum Gasteiger partial charge on any atom is -0.306 e. The van der Waals surface area contributed by atoms with Crippen molar-refractivity contribution >= 4 is 11.6 Å². The van der Waals surface area contributed by atoms with Crippen LogP contribution in [-0.4, -0.2) is 26.4 Å².